The maximum Gasteiger partial charge on any atom is 0.243 e. The molecule has 1 unspecified atom stereocenters. The van der Waals surface area contributed by atoms with Crippen molar-refractivity contribution in [1.82, 2.24) is 4.31 Å². The summed E-state index contributed by atoms with van der Waals surface area (Å²) in [7, 11) is -2.23. The summed E-state index contributed by atoms with van der Waals surface area (Å²) in [6.07, 6.45) is -0.742. The van der Waals surface area contributed by atoms with Crippen molar-refractivity contribution in [3.8, 4) is 11.8 Å². The average molecular weight is 297 g/mol. The minimum atomic E-state index is -3.69. The number of sulfonamides is 1. The van der Waals surface area contributed by atoms with Crippen LogP contribution in [0.5, 0.6) is 5.75 Å². The third-order valence-corrected chi connectivity index (χ3v) is 4.87. The van der Waals surface area contributed by atoms with Gasteiger partial charge in [-0.3, -0.25) is 0 Å². The Kier molecular flexibility index (Phi) is 4.13. The van der Waals surface area contributed by atoms with Crippen LogP contribution in [0.3, 0.4) is 0 Å². The molecule has 108 valence electrons. The summed E-state index contributed by atoms with van der Waals surface area (Å²) in [5.41, 5.74) is 5.98. The molecule has 0 aliphatic carbocycles. The molecule has 1 heterocycles. The van der Waals surface area contributed by atoms with Crippen LogP contribution in [0.15, 0.2) is 23.1 Å². The van der Waals surface area contributed by atoms with Gasteiger partial charge in [0.25, 0.3) is 0 Å². The van der Waals surface area contributed by atoms with Crippen molar-refractivity contribution in [2.45, 2.75) is 11.0 Å². The molecule has 0 radical (unpaired) electrons. The third-order valence-electron chi connectivity index (χ3n) is 3.01. The number of nitrogen functional groups attached to an aromatic ring is 1. The van der Waals surface area contributed by atoms with Crippen LogP contribution in [0.1, 0.15) is 0 Å². The van der Waals surface area contributed by atoms with E-state index in [1.165, 1.54) is 29.6 Å². The van der Waals surface area contributed by atoms with E-state index in [0.717, 1.165) is 0 Å². The molecule has 7 nitrogen and oxygen atoms in total. The van der Waals surface area contributed by atoms with Crippen LogP contribution in [0.25, 0.3) is 0 Å². The number of benzene rings is 1. The van der Waals surface area contributed by atoms with E-state index in [4.69, 9.17) is 20.5 Å². The Labute approximate surface area is 117 Å². The minimum Gasteiger partial charge on any atom is -0.495 e. The fraction of sp³-hybridized carbons (Fsp3) is 0.417. The van der Waals surface area contributed by atoms with E-state index < -0.39 is 16.1 Å². The Morgan fingerprint density at radius 1 is 1.55 bits per heavy atom. The van der Waals surface area contributed by atoms with Gasteiger partial charge in [0, 0.05) is 6.54 Å². The summed E-state index contributed by atoms with van der Waals surface area (Å²) in [5.74, 6) is 0.417. The molecular weight excluding hydrogens is 282 g/mol. The van der Waals surface area contributed by atoms with Gasteiger partial charge in [-0.2, -0.15) is 9.57 Å². The Morgan fingerprint density at radius 2 is 2.30 bits per heavy atom. The number of methoxy groups -OCH3 is 1. The standard InChI is InChI=1S/C12H15N3O4S/c1-18-12-3-2-10(6-11(12)14)20(16,17)15-4-5-19-9(7-13)8-15/h2-3,6,9H,4-5,8,14H2,1H3. The average Bonchev–Trinajstić information content (AvgIpc) is 2.47. The summed E-state index contributed by atoms with van der Waals surface area (Å²) in [5, 5.41) is 8.82. The van der Waals surface area contributed by atoms with Gasteiger partial charge in [-0.1, -0.05) is 0 Å². The summed E-state index contributed by atoms with van der Waals surface area (Å²) in [6, 6.07) is 6.20. The number of nitriles is 1. The first-order valence-electron chi connectivity index (χ1n) is 5.94. The number of hydrogen-bond donors (Lipinski definition) is 1. The molecule has 0 spiro atoms. The first-order valence-corrected chi connectivity index (χ1v) is 7.38. The second-order valence-electron chi connectivity index (χ2n) is 4.26. The largest absolute Gasteiger partial charge is 0.495 e. The van der Waals surface area contributed by atoms with E-state index in [9.17, 15) is 8.42 Å². The van der Waals surface area contributed by atoms with E-state index in [0.29, 0.717) is 5.75 Å². The van der Waals surface area contributed by atoms with Crippen LogP contribution in [-0.4, -0.2) is 45.6 Å². The fourth-order valence-electron chi connectivity index (χ4n) is 1.94. The van der Waals surface area contributed by atoms with Crippen molar-refractivity contribution in [3.05, 3.63) is 18.2 Å². The van der Waals surface area contributed by atoms with Gasteiger partial charge in [-0.15, -0.1) is 0 Å². The maximum absolute atomic E-state index is 12.5. The second kappa shape index (κ2) is 5.66. The molecule has 20 heavy (non-hydrogen) atoms. The highest BCUT2D eigenvalue weighted by molar-refractivity contribution is 7.89. The van der Waals surface area contributed by atoms with Crippen molar-refractivity contribution in [3.63, 3.8) is 0 Å². The Morgan fingerprint density at radius 3 is 2.90 bits per heavy atom. The predicted molar refractivity (Wildman–Crippen MR) is 71.5 cm³/mol. The molecule has 1 aromatic rings. The summed E-state index contributed by atoms with van der Waals surface area (Å²) >= 11 is 0. The van der Waals surface area contributed by atoms with Gasteiger partial charge in [0.05, 0.1) is 36.9 Å². The molecule has 0 amide bonds. The lowest BCUT2D eigenvalue weighted by molar-refractivity contribution is 0.0311. The molecule has 1 saturated heterocycles. The van der Waals surface area contributed by atoms with Crippen LogP contribution < -0.4 is 10.5 Å². The fourth-order valence-corrected chi connectivity index (χ4v) is 3.40. The van der Waals surface area contributed by atoms with Crippen LogP contribution >= 0.6 is 0 Å². The van der Waals surface area contributed by atoms with Gasteiger partial charge in [0.2, 0.25) is 10.0 Å². The Balaban J connectivity index is 2.30. The molecule has 0 saturated carbocycles. The summed E-state index contributed by atoms with van der Waals surface area (Å²) in [6.45, 7) is 0.431. The van der Waals surface area contributed by atoms with Gasteiger partial charge in [0.15, 0.2) is 6.10 Å². The zero-order valence-corrected chi connectivity index (χ0v) is 11.8. The zero-order valence-electron chi connectivity index (χ0n) is 10.9. The first-order chi connectivity index (χ1) is 9.48. The van der Waals surface area contributed by atoms with E-state index in [1.54, 1.807) is 0 Å². The van der Waals surface area contributed by atoms with E-state index in [2.05, 4.69) is 0 Å². The van der Waals surface area contributed by atoms with Crippen molar-refractivity contribution >= 4 is 15.7 Å². The lowest BCUT2D eigenvalue weighted by Crippen LogP contribution is -2.45. The van der Waals surface area contributed by atoms with Gasteiger partial charge in [-0.25, -0.2) is 8.42 Å². The third kappa shape index (κ3) is 2.70. The predicted octanol–water partition coefficient (Wildman–Crippen LogP) is 0.190. The van der Waals surface area contributed by atoms with Crippen LogP contribution in [0.4, 0.5) is 5.69 Å². The molecule has 1 aromatic carbocycles. The molecule has 0 aromatic heterocycles. The first kappa shape index (κ1) is 14.6. The molecule has 8 heteroatoms. The number of anilines is 1. The lowest BCUT2D eigenvalue weighted by Gasteiger charge is -2.29. The minimum absolute atomic E-state index is 0.0186. The molecule has 1 fully saturated rings. The second-order valence-corrected chi connectivity index (χ2v) is 6.19. The summed E-state index contributed by atoms with van der Waals surface area (Å²) in [4.78, 5) is 0.0781. The van der Waals surface area contributed by atoms with E-state index in [-0.39, 0.29) is 30.3 Å². The molecule has 1 atom stereocenters. The van der Waals surface area contributed by atoms with Crippen LogP contribution in [0.2, 0.25) is 0 Å². The highest BCUT2D eigenvalue weighted by Gasteiger charge is 2.31. The maximum atomic E-state index is 12.5. The SMILES string of the molecule is COc1ccc(S(=O)(=O)N2CCOC(C#N)C2)cc1N. The van der Waals surface area contributed by atoms with Crippen LogP contribution in [-0.2, 0) is 14.8 Å². The quantitative estimate of drug-likeness (QED) is 0.798. The van der Waals surface area contributed by atoms with Crippen molar-refractivity contribution in [1.29, 1.82) is 5.26 Å². The van der Waals surface area contributed by atoms with Gasteiger partial charge in [-0.05, 0) is 18.2 Å². The monoisotopic (exact) mass is 297 g/mol. The van der Waals surface area contributed by atoms with Crippen molar-refractivity contribution < 1.29 is 17.9 Å². The topological polar surface area (TPSA) is 106 Å². The normalized spacial score (nSPS) is 20.3. The number of rotatable bonds is 3. The van der Waals surface area contributed by atoms with Crippen molar-refractivity contribution in [2.24, 2.45) is 0 Å². The van der Waals surface area contributed by atoms with Crippen LogP contribution in [0, 0.1) is 11.3 Å². The smallest absolute Gasteiger partial charge is 0.243 e. The summed E-state index contributed by atoms with van der Waals surface area (Å²) < 4.78 is 36.3. The molecule has 2 rings (SSSR count). The van der Waals surface area contributed by atoms with Crippen molar-refractivity contribution in [2.75, 3.05) is 32.5 Å². The number of nitrogens with zero attached hydrogens (tertiary/aromatic N) is 2. The lowest BCUT2D eigenvalue weighted by atomic mass is 10.3. The molecule has 1 aliphatic heterocycles. The zero-order chi connectivity index (χ0) is 14.8. The molecule has 0 bridgehead atoms. The van der Waals surface area contributed by atoms with E-state index >= 15 is 0 Å². The molecular formula is C12H15N3O4S. The van der Waals surface area contributed by atoms with Gasteiger partial charge in [0.1, 0.15) is 5.75 Å². The van der Waals surface area contributed by atoms with E-state index in [1.807, 2.05) is 6.07 Å². The number of nitrogens with two attached hydrogens (primary N) is 1. The number of ether oxygens (including phenoxy) is 2. The number of morpholine rings is 1. The molecule has 2 N–H and O–H groups in total. The number of hydrogen-bond acceptors (Lipinski definition) is 6. The van der Waals surface area contributed by atoms with Gasteiger partial charge >= 0.3 is 0 Å². The highest BCUT2D eigenvalue weighted by atomic mass is 32.2. The Bertz CT molecular complexity index is 639. The van der Waals surface area contributed by atoms with Gasteiger partial charge < -0.3 is 15.2 Å². The molecule has 1 aliphatic rings. The highest BCUT2D eigenvalue weighted by Crippen LogP contribution is 2.26. The Hall–Kier alpha value is -1.82.